The van der Waals surface area contributed by atoms with Gasteiger partial charge < -0.3 is 10.8 Å². The average molecular weight is 268 g/mol. The first-order chi connectivity index (χ1) is 9.75. The average Bonchev–Trinajstić information content (AvgIpc) is 2.49. The maximum absolute atomic E-state index is 10.6. The molecule has 0 amide bonds. The number of anilines is 1. The van der Waals surface area contributed by atoms with Crippen LogP contribution in [0.15, 0.2) is 42.7 Å². The highest BCUT2D eigenvalue weighted by Gasteiger charge is 2.26. The van der Waals surface area contributed by atoms with Crippen LogP contribution >= 0.6 is 0 Å². The molecule has 0 aliphatic heterocycles. The van der Waals surface area contributed by atoms with Gasteiger partial charge in [0.25, 0.3) is 0 Å². The van der Waals surface area contributed by atoms with E-state index in [0.29, 0.717) is 12.1 Å². The number of hydrogen-bond donors (Lipinski definition) is 2. The minimum absolute atomic E-state index is 0.208. The largest absolute Gasteiger partial charge is 0.398 e. The smallest absolute Gasteiger partial charge is 0.0650 e. The maximum Gasteiger partial charge on any atom is 0.0650 e. The van der Waals surface area contributed by atoms with Gasteiger partial charge in [-0.25, -0.2) is 0 Å². The summed E-state index contributed by atoms with van der Waals surface area (Å²) >= 11 is 0. The summed E-state index contributed by atoms with van der Waals surface area (Å²) in [5.74, 6) is 0.208. The zero-order chi connectivity index (χ0) is 13.9. The van der Waals surface area contributed by atoms with Crippen molar-refractivity contribution in [2.75, 3.05) is 5.73 Å². The second kappa shape index (κ2) is 5.63. The Kier molecular flexibility index (Phi) is 3.70. The second-order valence-corrected chi connectivity index (χ2v) is 5.54. The molecule has 1 aliphatic rings. The summed E-state index contributed by atoms with van der Waals surface area (Å²) in [7, 11) is 0. The van der Waals surface area contributed by atoms with E-state index in [9.17, 15) is 5.11 Å². The molecule has 3 rings (SSSR count). The van der Waals surface area contributed by atoms with Gasteiger partial charge in [-0.2, -0.15) is 0 Å². The van der Waals surface area contributed by atoms with E-state index >= 15 is 0 Å². The third-order valence-corrected chi connectivity index (χ3v) is 4.25. The molecule has 0 fully saturated rings. The summed E-state index contributed by atoms with van der Waals surface area (Å²) in [6.45, 7) is 0. The third-order valence-electron chi connectivity index (χ3n) is 4.25. The summed E-state index contributed by atoms with van der Waals surface area (Å²) < 4.78 is 0. The summed E-state index contributed by atoms with van der Waals surface area (Å²) in [5.41, 5.74) is 10.3. The van der Waals surface area contributed by atoms with Gasteiger partial charge in [0.15, 0.2) is 0 Å². The minimum Gasteiger partial charge on any atom is -0.398 e. The van der Waals surface area contributed by atoms with E-state index in [1.807, 2.05) is 0 Å². The first-order valence-corrected chi connectivity index (χ1v) is 7.20. The molecule has 0 saturated carbocycles. The molecular weight excluding hydrogens is 248 g/mol. The zero-order valence-electron chi connectivity index (χ0n) is 11.5. The zero-order valence-corrected chi connectivity index (χ0v) is 11.5. The van der Waals surface area contributed by atoms with Gasteiger partial charge in [0.1, 0.15) is 0 Å². The number of rotatable bonds is 3. The summed E-state index contributed by atoms with van der Waals surface area (Å²) in [5, 5.41) is 10.6. The van der Waals surface area contributed by atoms with Crippen molar-refractivity contribution in [3.05, 3.63) is 59.4 Å². The van der Waals surface area contributed by atoms with Crippen molar-refractivity contribution in [3.8, 4) is 0 Å². The Bertz CT molecular complexity index is 597. The first-order valence-electron chi connectivity index (χ1n) is 7.20. The molecule has 0 saturated heterocycles. The molecule has 104 valence electrons. The normalized spacial score (nSPS) is 19.4. The molecule has 0 bridgehead atoms. The quantitative estimate of drug-likeness (QED) is 0.899. The van der Waals surface area contributed by atoms with Crippen LogP contribution in [0.4, 0.5) is 5.69 Å². The number of nitrogen functional groups attached to an aromatic ring is 1. The van der Waals surface area contributed by atoms with Gasteiger partial charge in [-0.05, 0) is 42.0 Å². The van der Waals surface area contributed by atoms with Crippen LogP contribution in [0.1, 0.15) is 35.4 Å². The van der Waals surface area contributed by atoms with Crippen molar-refractivity contribution in [1.29, 1.82) is 0 Å². The molecule has 1 heterocycles. The van der Waals surface area contributed by atoms with Crippen molar-refractivity contribution >= 4 is 5.69 Å². The number of pyridine rings is 1. The van der Waals surface area contributed by atoms with Crippen LogP contribution in [-0.2, 0) is 12.8 Å². The highest BCUT2D eigenvalue weighted by atomic mass is 16.3. The molecule has 0 spiro atoms. The number of aryl methyl sites for hydroxylation is 1. The predicted octanol–water partition coefficient (Wildman–Crippen LogP) is 2.69. The van der Waals surface area contributed by atoms with E-state index < -0.39 is 6.10 Å². The van der Waals surface area contributed by atoms with Crippen LogP contribution < -0.4 is 5.73 Å². The third kappa shape index (κ3) is 2.54. The fourth-order valence-corrected chi connectivity index (χ4v) is 3.17. The molecule has 1 aromatic heterocycles. The van der Waals surface area contributed by atoms with Crippen LogP contribution in [-0.4, -0.2) is 16.2 Å². The van der Waals surface area contributed by atoms with Crippen molar-refractivity contribution in [2.24, 2.45) is 0 Å². The number of aliphatic hydroxyl groups excluding tert-OH is 1. The lowest BCUT2D eigenvalue weighted by Crippen LogP contribution is -2.25. The molecule has 0 radical (unpaired) electrons. The number of aromatic nitrogens is 1. The number of hydrogen-bond acceptors (Lipinski definition) is 3. The van der Waals surface area contributed by atoms with Crippen LogP contribution in [0.5, 0.6) is 0 Å². The highest BCUT2D eigenvalue weighted by molar-refractivity contribution is 5.45. The molecule has 2 unspecified atom stereocenters. The van der Waals surface area contributed by atoms with Crippen molar-refractivity contribution < 1.29 is 5.11 Å². The molecule has 1 aromatic carbocycles. The Balaban J connectivity index is 1.82. The monoisotopic (exact) mass is 268 g/mol. The Morgan fingerprint density at radius 3 is 3.00 bits per heavy atom. The van der Waals surface area contributed by atoms with Gasteiger partial charge >= 0.3 is 0 Å². The number of benzene rings is 1. The van der Waals surface area contributed by atoms with Crippen LogP contribution in [0.3, 0.4) is 0 Å². The first kappa shape index (κ1) is 13.1. The lowest BCUT2D eigenvalue weighted by Gasteiger charge is -2.29. The molecule has 3 nitrogen and oxygen atoms in total. The van der Waals surface area contributed by atoms with E-state index in [1.54, 1.807) is 18.5 Å². The topological polar surface area (TPSA) is 59.1 Å². The van der Waals surface area contributed by atoms with Crippen LogP contribution in [0.25, 0.3) is 0 Å². The van der Waals surface area contributed by atoms with Gasteiger partial charge in [-0.3, -0.25) is 4.98 Å². The molecular formula is C17H20N2O. The Labute approximate surface area is 119 Å². The lowest BCUT2D eigenvalue weighted by atomic mass is 9.78. The fraction of sp³-hybridized carbons (Fsp3) is 0.353. The number of aliphatic hydroxyl groups is 1. The van der Waals surface area contributed by atoms with Gasteiger partial charge in [-0.1, -0.05) is 24.3 Å². The van der Waals surface area contributed by atoms with Gasteiger partial charge in [0.2, 0.25) is 0 Å². The van der Waals surface area contributed by atoms with E-state index in [-0.39, 0.29) is 5.92 Å². The van der Waals surface area contributed by atoms with Gasteiger partial charge in [0, 0.05) is 30.4 Å². The van der Waals surface area contributed by atoms with E-state index in [1.165, 1.54) is 11.1 Å². The summed E-state index contributed by atoms with van der Waals surface area (Å²) in [6.07, 6.45) is 6.91. The number of nitrogens with zero attached hydrogens (tertiary/aromatic N) is 1. The predicted molar refractivity (Wildman–Crippen MR) is 80.5 cm³/mol. The summed E-state index contributed by atoms with van der Waals surface area (Å²) in [4.78, 5) is 4.10. The SMILES string of the molecule is Nc1ccncc1CC(O)C1CCCc2ccccc21. The lowest BCUT2D eigenvalue weighted by molar-refractivity contribution is 0.134. The van der Waals surface area contributed by atoms with Crippen LogP contribution in [0, 0.1) is 0 Å². The van der Waals surface area contributed by atoms with E-state index in [0.717, 1.165) is 24.8 Å². The van der Waals surface area contributed by atoms with Crippen LogP contribution in [0.2, 0.25) is 0 Å². The van der Waals surface area contributed by atoms with Gasteiger partial charge in [-0.15, -0.1) is 0 Å². The standard InChI is InChI=1S/C17H20N2O/c18-16-8-9-19-11-13(16)10-17(20)15-7-3-5-12-4-1-2-6-14(12)15/h1-2,4,6,8-9,11,15,17,20H,3,5,7,10H2,(H2,18,19). The Morgan fingerprint density at radius 1 is 1.30 bits per heavy atom. The van der Waals surface area contributed by atoms with Crippen molar-refractivity contribution in [1.82, 2.24) is 4.98 Å². The molecule has 3 N–H and O–H groups in total. The fourth-order valence-electron chi connectivity index (χ4n) is 3.17. The van der Waals surface area contributed by atoms with E-state index in [4.69, 9.17) is 5.73 Å². The molecule has 2 aromatic rings. The van der Waals surface area contributed by atoms with E-state index in [2.05, 4.69) is 29.2 Å². The summed E-state index contributed by atoms with van der Waals surface area (Å²) in [6, 6.07) is 10.2. The minimum atomic E-state index is -0.400. The highest BCUT2D eigenvalue weighted by Crippen LogP contribution is 2.35. The van der Waals surface area contributed by atoms with Gasteiger partial charge in [0.05, 0.1) is 6.10 Å². The number of fused-ring (bicyclic) bond motifs is 1. The molecule has 2 atom stereocenters. The second-order valence-electron chi connectivity index (χ2n) is 5.54. The van der Waals surface area contributed by atoms with Crippen molar-refractivity contribution in [3.63, 3.8) is 0 Å². The Hall–Kier alpha value is -1.87. The van der Waals surface area contributed by atoms with Crippen molar-refractivity contribution in [2.45, 2.75) is 37.7 Å². The maximum atomic E-state index is 10.6. The molecule has 1 aliphatic carbocycles. The number of nitrogens with two attached hydrogens (primary N) is 1. The molecule has 3 heteroatoms. The Morgan fingerprint density at radius 2 is 2.15 bits per heavy atom. The molecule has 20 heavy (non-hydrogen) atoms.